The van der Waals surface area contributed by atoms with Crippen molar-refractivity contribution in [1.82, 2.24) is 4.57 Å². The number of benzene rings is 2. The molecule has 3 N–H and O–H groups in total. The number of rotatable bonds is 7. The molecule has 0 saturated heterocycles. The van der Waals surface area contributed by atoms with Crippen LogP contribution in [-0.2, 0) is 0 Å². The molecular weight excluding hydrogens is 468 g/mol. The van der Waals surface area contributed by atoms with Gasteiger partial charge in [0.05, 0.1) is 22.1 Å². The normalized spacial score (nSPS) is 17.5. The van der Waals surface area contributed by atoms with Crippen molar-refractivity contribution < 1.29 is 0 Å². The molecule has 0 saturated carbocycles. The minimum Gasteiger partial charge on any atom is -0.398 e. The molecule has 2 heterocycles. The summed E-state index contributed by atoms with van der Waals surface area (Å²) in [6, 6.07) is 18.7. The molecule has 35 heavy (non-hydrogen) atoms. The lowest BCUT2D eigenvalue weighted by Crippen LogP contribution is -2.07. The minimum absolute atomic E-state index is 0.842. The van der Waals surface area contributed by atoms with Crippen LogP contribution in [0.3, 0.4) is 0 Å². The molecular formula is C29H30N4S2. The highest BCUT2D eigenvalue weighted by Crippen LogP contribution is 2.41. The lowest BCUT2D eigenvalue weighted by molar-refractivity contribution is 1.03. The van der Waals surface area contributed by atoms with Crippen LogP contribution in [-0.4, -0.2) is 24.4 Å². The fraction of sp³-hybridized carbons (Fsp3) is 0.172. The minimum atomic E-state index is 0.842. The highest BCUT2D eigenvalue weighted by molar-refractivity contribution is 8.03. The van der Waals surface area contributed by atoms with Crippen LogP contribution in [0.15, 0.2) is 117 Å². The van der Waals surface area contributed by atoms with Crippen molar-refractivity contribution in [3.8, 4) is 0 Å². The molecule has 1 aromatic heterocycles. The van der Waals surface area contributed by atoms with Crippen molar-refractivity contribution in [3.05, 3.63) is 107 Å². The molecule has 6 heteroatoms. The quantitative estimate of drug-likeness (QED) is 0.261. The van der Waals surface area contributed by atoms with Gasteiger partial charge in [0.15, 0.2) is 0 Å². The van der Waals surface area contributed by atoms with Gasteiger partial charge < -0.3 is 20.5 Å². The van der Waals surface area contributed by atoms with E-state index >= 15 is 0 Å². The number of nitrogen functional groups attached to an aromatic ring is 1. The van der Waals surface area contributed by atoms with Crippen molar-refractivity contribution in [2.45, 2.75) is 22.6 Å². The highest BCUT2D eigenvalue weighted by atomic mass is 32.2. The Morgan fingerprint density at radius 2 is 1.89 bits per heavy atom. The summed E-state index contributed by atoms with van der Waals surface area (Å²) in [5.41, 5.74) is 13.3. The van der Waals surface area contributed by atoms with Gasteiger partial charge in [0.25, 0.3) is 0 Å². The lowest BCUT2D eigenvalue weighted by Gasteiger charge is -2.11. The zero-order valence-electron chi connectivity index (χ0n) is 20.1. The Balaban J connectivity index is 1.39. The number of hydrogen-bond acceptors (Lipinski definition) is 5. The number of aromatic nitrogens is 1. The molecule has 4 nitrogen and oxygen atoms in total. The molecule has 2 aliphatic rings. The van der Waals surface area contributed by atoms with Gasteiger partial charge in [-0.2, -0.15) is 0 Å². The number of allylic oxidation sites excluding steroid dienone is 6. The molecule has 0 amide bonds. The van der Waals surface area contributed by atoms with Gasteiger partial charge in [-0.3, -0.25) is 0 Å². The van der Waals surface area contributed by atoms with E-state index in [0.29, 0.717) is 0 Å². The molecule has 2 aromatic carbocycles. The molecule has 0 fully saturated rings. The van der Waals surface area contributed by atoms with E-state index in [1.165, 1.54) is 38.1 Å². The third-order valence-corrected chi connectivity index (χ3v) is 8.17. The summed E-state index contributed by atoms with van der Waals surface area (Å²) in [4.78, 5) is 4.55. The number of fused-ring (bicyclic) bond motifs is 1. The maximum atomic E-state index is 6.10. The molecule has 1 aliphatic heterocycles. The summed E-state index contributed by atoms with van der Waals surface area (Å²) in [5, 5.41) is 4.70. The van der Waals surface area contributed by atoms with Crippen molar-refractivity contribution in [2.24, 2.45) is 0 Å². The van der Waals surface area contributed by atoms with E-state index in [1.807, 2.05) is 18.2 Å². The van der Waals surface area contributed by atoms with Crippen molar-refractivity contribution >= 4 is 46.3 Å². The summed E-state index contributed by atoms with van der Waals surface area (Å²) in [5.74, 6) is 0.890. The Bertz CT molecular complexity index is 1320. The topological polar surface area (TPSA) is 46.2 Å². The van der Waals surface area contributed by atoms with Crippen LogP contribution in [0, 0.1) is 0 Å². The second-order valence-corrected chi connectivity index (χ2v) is 10.9. The Hall–Kier alpha value is -3.22. The van der Waals surface area contributed by atoms with Gasteiger partial charge in [-0.1, -0.05) is 54.3 Å². The molecule has 0 unspecified atom stereocenters. The monoisotopic (exact) mass is 498 g/mol. The van der Waals surface area contributed by atoms with E-state index in [-0.39, 0.29) is 0 Å². The van der Waals surface area contributed by atoms with Crippen LogP contribution >= 0.6 is 23.5 Å². The van der Waals surface area contributed by atoms with Crippen LogP contribution < -0.4 is 16.0 Å². The second kappa shape index (κ2) is 10.6. The first-order valence-corrected chi connectivity index (χ1v) is 13.6. The van der Waals surface area contributed by atoms with E-state index in [9.17, 15) is 0 Å². The third-order valence-electron chi connectivity index (χ3n) is 6.10. The number of nitrogens with zero attached hydrogens (tertiary/aromatic N) is 2. The SMILES string of the molecule is CN(C)c1ccn(C2=C(/C=C/CSc3ccccc3N)CC/C2=C\C=C2\Nc3ccccc3S2)c1. The molecule has 178 valence electrons. The number of hydrogen-bond donors (Lipinski definition) is 2. The number of nitrogens with one attached hydrogen (secondary N) is 1. The van der Waals surface area contributed by atoms with Gasteiger partial charge in [-0.25, -0.2) is 0 Å². The van der Waals surface area contributed by atoms with Crippen LogP contribution in [0.1, 0.15) is 12.8 Å². The van der Waals surface area contributed by atoms with E-state index < -0.39 is 0 Å². The molecule has 0 radical (unpaired) electrons. The molecule has 0 atom stereocenters. The van der Waals surface area contributed by atoms with Crippen LogP contribution in [0.25, 0.3) is 5.70 Å². The smallest absolute Gasteiger partial charge is 0.0775 e. The first-order chi connectivity index (χ1) is 17.1. The number of anilines is 3. The Kier molecular flexibility index (Phi) is 7.11. The molecule has 3 aromatic rings. The number of thioether (sulfide) groups is 2. The fourth-order valence-corrected chi connectivity index (χ4v) is 5.98. The van der Waals surface area contributed by atoms with Gasteiger partial charge in [-0.15, -0.1) is 11.8 Å². The van der Waals surface area contributed by atoms with E-state index in [2.05, 4.69) is 102 Å². The van der Waals surface area contributed by atoms with Gasteiger partial charge >= 0.3 is 0 Å². The standard InChI is InChI=1S/C29H30N4S2/c1-32(2)23-17-18-33(20-23)29-21(8-7-19-34-26-11-5-3-9-24(26)30)13-14-22(29)15-16-28-31-25-10-4-6-12-27(25)35-28/h3-12,15-18,20,31H,13-14,19,30H2,1-2H3/b8-7+,22-15+,28-16-. The zero-order valence-corrected chi connectivity index (χ0v) is 21.7. The Morgan fingerprint density at radius 3 is 2.69 bits per heavy atom. The molecule has 0 spiro atoms. The lowest BCUT2D eigenvalue weighted by atomic mass is 10.2. The first-order valence-electron chi connectivity index (χ1n) is 11.8. The van der Waals surface area contributed by atoms with Crippen molar-refractivity contribution in [1.29, 1.82) is 0 Å². The fourth-order valence-electron chi connectivity index (χ4n) is 4.29. The van der Waals surface area contributed by atoms with Crippen molar-refractivity contribution in [3.63, 3.8) is 0 Å². The maximum absolute atomic E-state index is 6.10. The molecule has 5 rings (SSSR count). The summed E-state index contributed by atoms with van der Waals surface area (Å²) in [7, 11) is 4.16. The zero-order chi connectivity index (χ0) is 24.2. The number of nitrogens with two attached hydrogens (primary N) is 1. The van der Waals surface area contributed by atoms with Crippen LogP contribution in [0.2, 0.25) is 0 Å². The van der Waals surface area contributed by atoms with Gasteiger partial charge in [0.2, 0.25) is 0 Å². The molecule has 1 aliphatic carbocycles. The summed E-state index contributed by atoms with van der Waals surface area (Å²) in [6.45, 7) is 0. The third kappa shape index (κ3) is 5.39. The summed E-state index contributed by atoms with van der Waals surface area (Å²) >= 11 is 3.56. The maximum Gasteiger partial charge on any atom is 0.0775 e. The van der Waals surface area contributed by atoms with E-state index in [4.69, 9.17) is 5.73 Å². The summed E-state index contributed by atoms with van der Waals surface area (Å²) in [6.07, 6.45) is 15.5. The highest BCUT2D eigenvalue weighted by Gasteiger charge is 2.20. The first kappa shape index (κ1) is 23.5. The largest absolute Gasteiger partial charge is 0.398 e. The summed E-state index contributed by atoms with van der Waals surface area (Å²) < 4.78 is 2.28. The number of para-hydroxylation sites is 2. The van der Waals surface area contributed by atoms with Crippen LogP contribution in [0.4, 0.5) is 17.1 Å². The van der Waals surface area contributed by atoms with Crippen LogP contribution in [0.5, 0.6) is 0 Å². The van der Waals surface area contributed by atoms with E-state index in [1.54, 1.807) is 23.5 Å². The average Bonchev–Trinajstić information content (AvgIpc) is 3.59. The Morgan fingerprint density at radius 1 is 1.06 bits per heavy atom. The molecule has 0 bridgehead atoms. The second-order valence-electron chi connectivity index (χ2n) is 8.74. The average molecular weight is 499 g/mol. The predicted octanol–water partition coefficient (Wildman–Crippen LogP) is 7.48. The predicted molar refractivity (Wildman–Crippen MR) is 154 cm³/mol. The van der Waals surface area contributed by atoms with Gasteiger partial charge in [0.1, 0.15) is 0 Å². The van der Waals surface area contributed by atoms with Gasteiger partial charge in [0, 0.05) is 47.7 Å². The Labute approximate surface area is 216 Å². The van der Waals surface area contributed by atoms with Gasteiger partial charge in [-0.05, 0) is 60.4 Å². The van der Waals surface area contributed by atoms with E-state index in [0.717, 1.165) is 29.2 Å². The van der Waals surface area contributed by atoms with Crippen molar-refractivity contribution in [2.75, 3.05) is 35.8 Å².